The molecule has 1 saturated carbocycles. The zero-order chi connectivity index (χ0) is 19.9. The van der Waals surface area contributed by atoms with E-state index in [0.29, 0.717) is 5.71 Å². The molecule has 0 aromatic rings. The minimum absolute atomic E-state index is 0.0932. The highest BCUT2D eigenvalue weighted by Crippen LogP contribution is 2.29. The van der Waals surface area contributed by atoms with Crippen molar-refractivity contribution in [3.05, 3.63) is 0 Å². The highest BCUT2D eigenvalue weighted by molar-refractivity contribution is 5.96. The van der Waals surface area contributed by atoms with Crippen molar-refractivity contribution in [3.8, 4) is 0 Å². The van der Waals surface area contributed by atoms with Crippen molar-refractivity contribution in [3.63, 3.8) is 0 Å². The van der Waals surface area contributed by atoms with Crippen LogP contribution in [-0.4, -0.2) is 54.8 Å². The maximum absolute atomic E-state index is 12.5. The first-order valence-corrected chi connectivity index (χ1v) is 9.74. The van der Waals surface area contributed by atoms with E-state index >= 15 is 0 Å². The molecule has 0 spiro atoms. The van der Waals surface area contributed by atoms with E-state index in [4.69, 9.17) is 19.0 Å². The van der Waals surface area contributed by atoms with E-state index in [0.717, 1.165) is 25.7 Å². The molecule has 1 aliphatic heterocycles. The summed E-state index contributed by atoms with van der Waals surface area (Å²) in [6.45, 7) is 7.59. The average Bonchev–Trinajstić information content (AvgIpc) is 3.03. The number of rotatable bonds is 7. The fraction of sp³-hybridized carbons (Fsp3) is 0.842. The SMILES string of the molecule is CCOC(=O)C1(COC2CCCCC2)CC(CNC(=O)OC(C)(C)C)=NO1. The summed E-state index contributed by atoms with van der Waals surface area (Å²) in [5.74, 6) is -0.489. The minimum atomic E-state index is -1.28. The lowest BCUT2D eigenvalue weighted by molar-refractivity contribution is -0.180. The van der Waals surface area contributed by atoms with Crippen molar-refractivity contribution in [1.29, 1.82) is 0 Å². The van der Waals surface area contributed by atoms with Gasteiger partial charge in [0, 0.05) is 6.42 Å². The number of nitrogens with one attached hydrogen (secondary N) is 1. The number of hydrogen-bond acceptors (Lipinski definition) is 7. The summed E-state index contributed by atoms with van der Waals surface area (Å²) in [6, 6.07) is 0. The third-order valence-corrected chi connectivity index (χ3v) is 4.43. The van der Waals surface area contributed by atoms with Crippen molar-refractivity contribution >= 4 is 17.8 Å². The van der Waals surface area contributed by atoms with Crippen LogP contribution >= 0.6 is 0 Å². The topological polar surface area (TPSA) is 95.5 Å². The molecule has 1 N–H and O–H groups in total. The summed E-state index contributed by atoms with van der Waals surface area (Å²) >= 11 is 0. The van der Waals surface area contributed by atoms with Crippen LogP contribution in [0.4, 0.5) is 4.79 Å². The Morgan fingerprint density at radius 2 is 1.96 bits per heavy atom. The normalized spacial score (nSPS) is 23.3. The number of ether oxygens (including phenoxy) is 3. The van der Waals surface area contributed by atoms with Crippen LogP contribution in [0.1, 0.15) is 66.2 Å². The molecule has 27 heavy (non-hydrogen) atoms. The van der Waals surface area contributed by atoms with Gasteiger partial charge >= 0.3 is 12.1 Å². The first-order chi connectivity index (χ1) is 12.7. The summed E-state index contributed by atoms with van der Waals surface area (Å²) in [4.78, 5) is 29.8. The van der Waals surface area contributed by atoms with Crippen molar-refractivity contribution in [1.82, 2.24) is 5.32 Å². The molecule has 0 aromatic carbocycles. The number of amides is 1. The smallest absolute Gasteiger partial charge is 0.407 e. The van der Waals surface area contributed by atoms with Crippen LogP contribution in [0, 0.1) is 0 Å². The molecule has 1 heterocycles. The lowest BCUT2D eigenvalue weighted by atomic mass is 9.96. The van der Waals surface area contributed by atoms with Gasteiger partial charge in [-0.05, 0) is 40.5 Å². The molecular formula is C19H32N2O6. The van der Waals surface area contributed by atoms with Gasteiger partial charge in [0.1, 0.15) is 12.2 Å². The molecule has 1 atom stereocenters. The van der Waals surface area contributed by atoms with Crippen LogP contribution in [0.25, 0.3) is 0 Å². The Labute approximate surface area is 160 Å². The molecule has 0 radical (unpaired) electrons. The minimum Gasteiger partial charge on any atom is -0.463 e. The van der Waals surface area contributed by atoms with Gasteiger partial charge in [-0.2, -0.15) is 0 Å². The Morgan fingerprint density at radius 3 is 2.59 bits per heavy atom. The largest absolute Gasteiger partial charge is 0.463 e. The van der Waals surface area contributed by atoms with Gasteiger partial charge in [-0.3, -0.25) is 0 Å². The van der Waals surface area contributed by atoms with Gasteiger partial charge in [0.15, 0.2) is 0 Å². The van der Waals surface area contributed by atoms with Crippen LogP contribution in [0.3, 0.4) is 0 Å². The van der Waals surface area contributed by atoms with Gasteiger partial charge in [0.05, 0.1) is 25.0 Å². The standard InChI is InChI=1S/C19H32N2O6/c1-5-24-16(22)19(13-25-15-9-7-6-8-10-15)11-14(21-27-19)12-20-17(23)26-18(2,3)4/h15H,5-13H2,1-4H3,(H,20,23). The lowest BCUT2D eigenvalue weighted by Crippen LogP contribution is -2.46. The Balaban J connectivity index is 1.90. The molecule has 8 nitrogen and oxygen atoms in total. The number of carbonyl (C=O) groups is 2. The molecule has 1 unspecified atom stereocenters. The summed E-state index contributed by atoms with van der Waals surface area (Å²) in [6.07, 6.45) is 5.30. The van der Waals surface area contributed by atoms with Gasteiger partial charge in [-0.1, -0.05) is 24.4 Å². The van der Waals surface area contributed by atoms with Crippen molar-refractivity contribution < 1.29 is 28.6 Å². The zero-order valence-electron chi connectivity index (χ0n) is 16.8. The second-order valence-corrected chi connectivity index (χ2v) is 8.07. The second kappa shape index (κ2) is 9.39. The summed E-state index contributed by atoms with van der Waals surface area (Å²) < 4.78 is 16.3. The lowest BCUT2D eigenvalue weighted by Gasteiger charge is -2.28. The summed E-state index contributed by atoms with van der Waals surface area (Å²) in [5, 5.41) is 6.62. The molecule has 0 aromatic heterocycles. The van der Waals surface area contributed by atoms with E-state index in [9.17, 15) is 9.59 Å². The van der Waals surface area contributed by atoms with E-state index in [1.54, 1.807) is 27.7 Å². The predicted octanol–water partition coefficient (Wildman–Crippen LogP) is 2.94. The average molecular weight is 384 g/mol. The molecule has 154 valence electrons. The third-order valence-electron chi connectivity index (χ3n) is 4.43. The molecule has 2 rings (SSSR count). The fourth-order valence-electron chi connectivity index (χ4n) is 3.12. The first kappa shape index (κ1) is 21.5. The van der Waals surface area contributed by atoms with Crippen molar-refractivity contribution in [2.24, 2.45) is 5.16 Å². The van der Waals surface area contributed by atoms with Gasteiger partial charge in [-0.25, -0.2) is 9.59 Å². The predicted molar refractivity (Wildman–Crippen MR) is 99.6 cm³/mol. The molecule has 1 amide bonds. The third kappa shape index (κ3) is 6.68. The van der Waals surface area contributed by atoms with E-state index in [1.165, 1.54) is 6.42 Å². The molecule has 0 bridgehead atoms. The molecule has 1 aliphatic carbocycles. The van der Waals surface area contributed by atoms with E-state index in [1.807, 2.05) is 0 Å². The van der Waals surface area contributed by atoms with E-state index in [2.05, 4.69) is 10.5 Å². The van der Waals surface area contributed by atoms with E-state index in [-0.39, 0.29) is 32.3 Å². The molecule has 0 saturated heterocycles. The maximum Gasteiger partial charge on any atom is 0.407 e. The van der Waals surface area contributed by atoms with Gasteiger partial charge < -0.3 is 24.4 Å². The number of oxime groups is 1. The van der Waals surface area contributed by atoms with Crippen LogP contribution < -0.4 is 5.32 Å². The first-order valence-electron chi connectivity index (χ1n) is 9.74. The number of carbonyl (C=O) groups excluding carboxylic acids is 2. The zero-order valence-corrected chi connectivity index (χ0v) is 16.8. The number of esters is 1. The number of hydrogen-bond donors (Lipinski definition) is 1. The van der Waals surface area contributed by atoms with Crippen LogP contribution in [0.15, 0.2) is 5.16 Å². The molecule has 8 heteroatoms. The van der Waals surface area contributed by atoms with Gasteiger partial charge in [0.25, 0.3) is 5.60 Å². The van der Waals surface area contributed by atoms with Crippen LogP contribution in [0.2, 0.25) is 0 Å². The summed E-state index contributed by atoms with van der Waals surface area (Å²) in [7, 11) is 0. The van der Waals surface area contributed by atoms with Crippen LogP contribution in [-0.2, 0) is 23.8 Å². The monoisotopic (exact) mass is 384 g/mol. The molecular weight excluding hydrogens is 352 g/mol. The van der Waals surface area contributed by atoms with Crippen molar-refractivity contribution in [2.45, 2.75) is 83.5 Å². The Kier molecular flexibility index (Phi) is 7.47. The highest BCUT2D eigenvalue weighted by Gasteiger charge is 2.49. The highest BCUT2D eigenvalue weighted by atomic mass is 16.7. The van der Waals surface area contributed by atoms with Gasteiger partial charge in [0.2, 0.25) is 0 Å². The van der Waals surface area contributed by atoms with Gasteiger partial charge in [-0.15, -0.1) is 0 Å². The number of alkyl carbamates (subject to hydrolysis) is 1. The Hall–Kier alpha value is -1.83. The quantitative estimate of drug-likeness (QED) is 0.678. The Bertz CT molecular complexity index is 551. The second-order valence-electron chi connectivity index (χ2n) is 8.07. The molecule has 1 fully saturated rings. The Morgan fingerprint density at radius 1 is 1.26 bits per heavy atom. The molecule has 2 aliphatic rings. The fourth-order valence-corrected chi connectivity index (χ4v) is 3.12. The summed E-state index contributed by atoms with van der Waals surface area (Å²) in [5.41, 5.74) is -1.32. The van der Waals surface area contributed by atoms with Crippen molar-refractivity contribution in [2.75, 3.05) is 19.8 Å². The van der Waals surface area contributed by atoms with Crippen LogP contribution in [0.5, 0.6) is 0 Å². The van der Waals surface area contributed by atoms with E-state index < -0.39 is 23.3 Å². The number of nitrogens with zero attached hydrogens (tertiary/aromatic N) is 1. The maximum atomic E-state index is 12.5.